The first-order chi connectivity index (χ1) is 4.20. The summed E-state index contributed by atoms with van der Waals surface area (Å²) in [5.74, 6) is 0.528. The third-order valence-electron chi connectivity index (χ3n) is 1.12. The van der Waals surface area contributed by atoms with E-state index in [1.54, 1.807) is 11.2 Å². The van der Waals surface area contributed by atoms with E-state index in [9.17, 15) is 4.79 Å². The molecular formula is C6H10N2O. The smallest absolute Gasteiger partial charge is 0.282 e. The average Bonchev–Trinajstić information content (AvgIpc) is 1.79. The van der Waals surface area contributed by atoms with Crippen molar-refractivity contribution in [3.05, 3.63) is 0 Å². The van der Waals surface area contributed by atoms with Crippen LogP contribution < -0.4 is 0 Å². The number of hydrogen-bond acceptors (Lipinski definition) is 1. The third-order valence-corrected chi connectivity index (χ3v) is 1.12. The molecule has 0 N–H and O–H groups in total. The maximum atomic E-state index is 10.5. The fraction of sp³-hybridized carbons (Fsp3) is 0.667. The van der Waals surface area contributed by atoms with Gasteiger partial charge in [0, 0.05) is 6.54 Å². The summed E-state index contributed by atoms with van der Waals surface area (Å²) in [5.41, 5.74) is 0. The molecule has 1 aliphatic heterocycles. The Labute approximate surface area is 54.4 Å². The van der Waals surface area contributed by atoms with E-state index >= 15 is 0 Å². The first kappa shape index (κ1) is 6.26. The van der Waals surface area contributed by atoms with Crippen molar-refractivity contribution in [1.29, 1.82) is 0 Å². The Hall–Kier alpha value is -0.860. The maximum absolute atomic E-state index is 10.5. The van der Waals surface area contributed by atoms with Crippen LogP contribution in [-0.4, -0.2) is 23.8 Å². The van der Waals surface area contributed by atoms with Crippen LogP contribution in [0.15, 0.2) is 4.99 Å². The van der Waals surface area contributed by atoms with Crippen LogP contribution in [0, 0.1) is 5.92 Å². The second kappa shape index (κ2) is 2.17. The number of urea groups is 1. The largest absolute Gasteiger partial charge is 0.350 e. The van der Waals surface area contributed by atoms with Gasteiger partial charge in [0.25, 0.3) is 0 Å². The van der Waals surface area contributed by atoms with Gasteiger partial charge in [-0.3, -0.25) is 4.90 Å². The number of carbonyl (C=O) groups excluding carboxylic acids is 1. The molecule has 9 heavy (non-hydrogen) atoms. The molecule has 0 spiro atoms. The quantitative estimate of drug-likeness (QED) is 0.545. The van der Waals surface area contributed by atoms with E-state index < -0.39 is 0 Å². The molecule has 0 radical (unpaired) electrons. The van der Waals surface area contributed by atoms with Crippen molar-refractivity contribution in [3.63, 3.8) is 0 Å². The molecule has 1 heterocycles. The van der Waals surface area contributed by atoms with Gasteiger partial charge < -0.3 is 0 Å². The van der Waals surface area contributed by atoms with E-state index in [1.807, 2.05) is 0 Å². The van der Waals surface area contributed by atoms with Crippen LogP contribution in [0.5, 0.6) is 0 Å². The highest BCUT2D eigenvalue weighted by Gasteiger charge is 2.17. The molecule has 50 valence electrons. The van der Waals surface area contributed by atoms with Gasteiger partial charge in [0.05, 0.1) is 0 Å². The van der Waals surface area contributed by atoms with E-state index in [0.717, 1.165) is 6.54 Å². The zero-order chi connectivity index (χ0) is 6.85. The lowest BCUT2D eigenvalue weighted by molar-refractivity contribution is 0.220. The van der Waals surface area contributed by atoms with Crippen LogP contribution in [0.4, 0.5) is 4.79 Å². The highest BCUT2D eigenvalue weighted by Crippen LogP contribution is 2.04. The number of amides is 2. The first-order valence-corrected chi connectivity index (χ1v) is 3.05. The molecule has 0 aromatic rings. The molecule has 0 aliphatic carbocycles. The molecular weight excluding hydrogens is 116 g/mol. The van der Waals surface area contributed by atoms with Gasteiger partial charge >= 0.3 is 6.03 Å². The molecule has 1 rings (SSSR count). The zero-order valence-electron chi connectivity index (χ0n) is 5.66. The fourth-order valence-corrected chi connectivity index (χ4v) is 0.705. The molecule has 0 fully saturated rings. The molecule has 0 unspecified atom stereocenters. The number of nitrogens with zero attached hydrogens (tertiary/aromatic N) is 2. The van der Waals surface area contributed by atoms with E-state index in [1.165, 1.54) is 0 Å². The first-order valence-electron chi connectivity index (χ1n) is 3.05. The summed E-state index contributed by atoms with van der Waals surface area (Å²) < 4.78 is 0. The summed E-state index contributed by atoms with van der Waals surface area (Å²) in [7, 11) is 0. The van der Waals surface area contributed by atoms with Gasteiger partial charge in [0.2, 0.25) is 0 Å². The van der Waals surface area contributed by atoms with E-state index in [2.05, 4.69) is 18.8 Å². The van der Waals surface area contributed by atoms with Crippen molar-refractivity contribution < 1.29 is 4.79 Å². The summed E-state index contributed by atoms with van der Waals surface area (Å²) >= 11 is 0. The second-order valence-electron chi connectivity index (χ2n) is 2.57. The van der Waals surface area contributed by atoms with Crippen molar-refractivity contribution in [2.24, 2.45) is 10.9 Å². The number of hydrogen-bond donors (Lipinski definition) is 0. The van der Waals surface area contributed by atoms with Gasteiger partial charge in [0.15, 0.2) is 0 Å². The topological polar surface area (TPSA) is 32.7 Å². The lowest BCUT2D eigenvalue weighted by Crippen LogP contribution is -2.37. The van der Waals surface area contributed by atoms with Gasteiger partial charge in [-0.15, -0.1) is 0 Å². The Balaban J connectivity index is 2.31. The van der Waals surface area contributed by atoms with Crippen molar-refractivity contribution in [3.8, 4) is 0 Å². The molecule has 1 aliphatic rings. The standard InChI is InChI=1S/C6H10N2O/c1-5(2)3-8-4-7-6(8)9/h4-5H,3H2,1-2H3. The van der Waals surface area contributed by atoms with Gasteiger partial charge in [-0.05, 0) is 5.92 Å². The predicted octanol–water partition coefficient (Wildman–Crippen LogP) is 1.11. The molecule has 0 bridgehead atoms. The highest BCUT2D eigenvalue weighted by atomic mass is 16.2. The summed E-state index contributed by atoms with van der Waals surface area (Å²) in [6, 6.07) is -0.108. The average molecular weight is 126 g/mol. The lowest BCUT2D eigenvalue weighted by Gasteiger charge is -2.22. The molecule has 0 aromatic heterocycles. The van der Waals surface area contributed by atoms with Gasteiger partial charge in [-0.1, -0.05) is 13.8 Å². The number of aliphatic imine (C=N–C) groups is 1. The molecule has 2 amide bonds. The Bertz CT molecular complexity index is 151. The maximum Gasteiger partial charge on any atom is 0.350 e. The van der Waals surface area contributed by atoms with Crippen molar-refractivity contribution >= 4 is 12.4 Å². The van der Waals surface area contributed by atoms with Crippen molar-refractivity contribution in [2.45, 2.75) is 13.8 Å². The SMILES string of the molecule is CC(C)CN1C=NC1=O. The zero-order valence-corrected chi connectivity index (χ0v) is 5.66. The molecule has 0 saturated carbocycles. The minimum absolute atomic E-state index is 0.108. The minimum Gasteiger partial charge on any atom is -0.282 e. The summed E-state index contributed by atoms with van der Waals surface area (Å²) in [4.78, 5) is 15.6. The monoisotopic (exact) mass is 126 g/mol. The second-order valence-corrected chi connectivity index (χ2v) is 2.57. The summed E-state index contributed by atoms with van der Waals surface area (Å²) in [6.45, 7) is 4.93. The molecule has 0 saturated heterocycles. The van der Waals surface area contributed by atoms with Crippen LogP contribution >= 0.6 is 0 Å². The summed E-state index contributed by atoms with van der Waals surface area (Å²) in [5, 5.41) is 0. The summed E-state index contributed by atoms with van der Waals surface area (Å²) in [6.07, 6.45) is 1.57. The molecule has 3 nitrogen and oxygen atoms in total. The third kappa shape index (κ3) is 1.28. The van der Waals surface area contributed by atoms with Crippen LogP contribution in [0.2, 0.25) is 0 Å². The van der Waals surface area contributed by atoms with E-state index in [4.69, 9.17) is 0 Å². The van der Waals surface area contributed by atoms with Crippen molar-refractivity contribution in [1.82, 2.24) is 4.90 Å². The van der Waals surface area contributed by atoms with Crippen LogP contribution in [0.25, 0.3) is 0 Å². The molecule has 0 atom stereocenters. The lowest BCUT2D eigenvalue weighted by atomic mass is 10.2. The Morgan fingerprint density at radius 3 is 2.56 bits per heavy atom. The fourth-order valence-electron chi connectivity index (χ4n) is 0.705. The highest BCUT2D eigenvalue weighted by molar-refractivity contribution is 6.00. The van der Waals surface area contributed by atoms with Crippen LogP contribution in [0.1, 0.15) is 13.8 Å². The van der Waals surface area contributed by atoms with Gasteiger partial charge in [-0.2, -0.15) is 4.99 Å². The number of rotatable bonds is 2. The Kier molecular flexibility index (Phi) is 1.51. The van der Waals surface area contributed by atoms with E-state index in [0.29, 0.717) is 5.92 Å². The van der Waals surface area contributed by atoms with Crippen LogP contribution in [-0.2, 0) is 0 Å². The number of carbonyl (C=O) groups is 1. The van der Waals surface area contributed by atoms with Crippen LogP contribution in [0.3, 0.4) is 0 Å². The Morgan fingerprint density at radius 2 is 2.44 bits per heavy atom. The normalized spacial score (nSPS) is 16.8. The molecule has 3 heteroatoms. The minimum atomic E-state index is -0.108. The van der Waals surface area contributed by atoms with E-state index in [-0.39, 0.29) is 6.03 Å². The van der Waals surface area contributed by atoms with Gasteiger partial charge in [0.1, 0.15) is 6.34 Å². The van der Waals surface area contributed by atoms with Gasteiger partial charge in [-0.25, -0.2) is 4.79 Å². The predicted molar refractivity (Wildman–Crippen MR) is 35.4 cm³/mol. The molecule has 0 aromatic carbocycles. The Morgan fingerprint density at radius 1 is 1.78 bits per heavy atom. The van der Waals surface area contributed by atoms with Crippen molar-refractivity contribution in [2.75, 3.05) is 6.54 Å².